The Morgan fingerprint density at radius 3 is 2.74 bits per heavy atom. The molecule has 0 saturated carbocycles. The van der Waals surface area contributed by atoms with Gasteiger partial charge in [0.05, 0.1) is 25.4 Å². The molecule has 7 heteroatoms. The van der Waals surface area contributed by atoms with E-state index >= 15 is 0 Å². The van der Waals surface area contributed by atoms with Crippen LogP contribution in [0.3, 0.4) is 0 Å². The maximum absolute atomic E-state index is 6.02. The van der Waals surface area contributed by atoms with Crippen molar-refractivity contribution < 1.29 is 4.74 Å². The fourth-order valence-electron chi connectivity index (χ4n) is 2.40. The van der Waals surface area contributed by atoms with E-state index in [1.54, 1.807) is 6.20 Å². The Balaban J connectivity index is 0.00000364. The quantitative estimate of drug-likeness (QED) is 0.285. The topological polar surface area (TPSA) is 74.3 Å². The fraction of sp³-hybridized carbons (Fsp3) is 0.500. The Kier molecular flexibility index (Phi) is 10.8. The number of aromatic nitrogens is 2. The first-order valence-electron chi connectivity index (χ1n) is 9.31. The van der Waals surface area contributed by atoms with E-state index in [4.69, 9.17) is 9.73 Å². The van der Waals surface area contributed by atoms with Crippen LogP contribution in [0, 0.1) is 12.8 Å². The number of ether oxygens (including phenoxy) is 1. The van der Waals surface area contributed by atoms with Gasteiger partial charge in [-0.2, -0.15) is 5.10 Å². The minimum absolute atomic E-state index is 0. The number of aryl methyl sites for hydroxylation is 1. The number of nitrogens with one attached hydrogen (secondary N) is 3. The molecule has 1 aromatic carbocycles. The van der Waals surface area contributed by atoms with Crippen LogP contribution in [0.2, 0.25) is 0 Å². The van der Waals surface area contributed by atoms with Crippen molar-refractivity contribution in [1.82, 2.24) is 20.8 Å². The van der Waals surface area contributed by atoms with E-state index in [9.17, 15) is 0 Å². The molecule has 0 aliphatic heterocycles. The Hall–Kier alpha value is -1.77. The van der Waals surface area contributed by atoms with Gasteiger partial charge in [-0.15, -0.1) is 24.0 Å². The van der Waals surface area contributed by atoms with Crippen LogP contribution in [0.15, 0.2) is 35.5 Å². The van der Waals surface area contributed by atoms with Crippen molar-refractivity contribution in [2.24, 2.45) is 10.9 Å². The number of halogens is 1. The SMILES string of the molecule is CCNC(=NCc1ccc(C)cc1OCCC(C)C)NCc1ccn[nH]1.I. The molecule has 2 rings (SSSR count). The number of nitrogens with zero attached hydrogens (tertiary/aromatic N) is 2. The highest BCUT2D eigenvalue weighted by molar-refractivity contribution is 14.0. The first-order chi connectivity index (χ1) is 12.6. The van der Waals surface area contributed by atoms with Crippen LogP contribution >= 0.6 is 24.0 Å². The Bertz CT molecular complexity index is 686. The number of aromatic amines is 1. The summed E-state index contributed by atoms with van der Waals surface area (Å²) in [5.74, 6) is 2.34. The van der Waals surface area contributed by atoms with Crippen molar-refractivity contribution >= 4 is 29.9 Å². The van der Waals surface area contributed by atoms with Gasteiger partial charge in [-0.1, -0.05) is 26.0 Å². The van der Waals surface area contributed by atoms with E-state index in [0.717, 1.165) is 42.5 Å². The van der Waals surface area contributed by atoms with Crippen molar-refractivity contribution in [1.29, 1.82) is 0 Å². The molecule has 27 heavy (non-hydrogen) atoms. The summed E-state index contributed by atoms with van der Waals surface area (Å²) in [6.45, 7) is 11.3. The summed E-state index contributed by atoms with van der Waals surface area (Å²) in [6.07, 6.45) is 2.79. The summed E-state index contributed by atoms with van der Waals surface area (Å²) in [4.78, 5) is 4.70. The van der Waals surface area contributed by atoms with Gasteiger partial charge in [-0.3, -0.25) is 5.10 Å². The van der Waals surface area contributed by atoms with Gasteiger partial charge in [0.2, 0.25) is 0 Å². The van der Waals surface area contributed by atoms with E-state index in [-0.39, 0.29) is 24.0 Å². The number of rotatable bonds is 9. The van der Waals surface area contributed by atoms with Gasteiger partial charge < -0.3 is 15.4 Å². The van der Waals surface area contributed by atoms with Gasteiger partial charge in [0.15, 0.2) is 5.96 Å². The smallest absolute Gasteiger partial charge is 0.191 e. The second-order valence-corrected chi connectivity index (χ2v) is 6.77. The van der Waals surface area contributed by atoms with Crippen LogP contribution in [0.25, 0.3) is 0 Å². The molecule has 3 N–H and O–H groups in total. The third-order valence-electron chi connectivity index (χ3n) is 3.93. The first kappa shape index (κ1) is 23.3. The third-order valence-corrected chi connectivity index (χ3v) is 3.93. The molecule has 0 bridgehead atoms. The highest BCUT2D eigenvalue weighted by atomic mass is 127. The van der Waals surface area contributed by atoms with E-state index in [1.165, 1.54) is 5.56 Å². The summed E-state index contributed by atoms with van der Waals surface area (Å²) in [7, 11) is 0. The molecule has 0 saturated heterocycles. The largest absolute Gasteiger partial charge is 0.493 e. The molecule has 1 heterocycles. The standard InChI is InChI=1S/C20H31N5O.HI/c1-5-21-20(23-14-18-8-10-24-25-18)22-13-17-7-6-16(4)12-19(17)26-11-9-15(2)3;/h6-8,10,12,15H,5,9,11,13-14H2,1-4H3,(H,24,25)(H2,21,22,23);1H. The molecule has 0 radical (unpaired) electrons. The molecular weight excluding hydrogens is 453 g/mol. The zero-order chi connectivity index (χ0) is 18.8. The van der Waals surface area contributed by atoms with Crippen molar-refractivity contribution in [3.8, 4) is 5.75 Å². The molecule has 0 unspecified atom stereocenters. The molecule has 1 aromatic heterocycles. The number of guanidine groups is 1. The average molecular weight is 485 g/mol. The van der Waals surface area contributed by atoms with E-state index < -0.39 is 0 Å². The lowest BCUT2D eigenvalue weighted by Crippen LogP contribution is -2.36. The lowest BCUT2D eigenvalue weighted by Gasteiger charge is -2.14. The number of H-pyrrole nitrogens is 1. The van der Waals surface area contributed by atoms with Crippen LogP contribution in [0.4, 0.5) is 0 Å². The van der Waals surface area contributed by atoms with Crippen LogP contribution in [0.1, 0.15) is 44.0 Å². The number of aliphatic imine (C=N–C) groups is 1. The third kappa shape index (κ3) is 8.64. The molecule has 0 aliphatic rings. The van der Waals surface area contributed by atoms with E-state index in [0.29, 0.717) is 19.0 Å². The van der Waals surface area contributed by atoms with Crippen molar-refractivity contribution in [3.63, 3.8) is 0 Å². The molecule has 0 fully saturated rings. The molecular formula is C20H32IN5O. The van der Waals surface area contributed by atoms with Gasteiger partial charge in [-0.25, -0.2) is 4.99 Å². The molecule has 150 valence electrons. The van der Waals surface area contributed by atoms with Gasteiger partial charge >= 0.3 is 0 Å². The minimum atomic E-state index is 0. The van der Waals surface area contributed by atoms with Crippen LogP contribution in [-0.4, -0.2) is 29.3 Å². The van der Waals surface area contributed by atoms with Crippen LogP contribution in [-0.2, 0) is 13.1 Å². The van der Waals surface area contributed by atoms with E-state index in [1.807, 2.05) is 6.07 Å². The second kappa shape index (κ2) is 12.6. The zero-order valence-electron chi connectivity index (χ0n) is 16.7. The lowest BCUT2D eigenvalue weighted by atomic mass is 10.1. The average Bonchev–Trinajstić information content (AvgIpc) is 3.12. The molecule has 0 spiro atoms. The maximum Gasteiger partial charge on any atom is 0.191 e. The molecule has 0 aliphatic carbocycles. The molecule has 6 nitrogen and oxygen atoms in total. The van der Waals surface area contributed by atoms with Crippen LogP contribution < -0.4 is 15.4 Å². The maximum atomic E-state index is 6.02. The Labute approximate surface area is 179 Å². The van der Waals surface area contributed by atoms with Gasteiger partial charge in [0.25, 0.3) is 0 Å². The monoisotopic (exact) mass is 485 g/mol. The van der Waals surface area contributed by atoms with Crippen molar-refractivity contribution in [2.75, 3.05) is 13.2 Å². The summed E-state index contributed by atoms with van der Waals surface area (Å²) >= 11 is 0. The summed E-state index contributed by atoms with van der Waals surface area (Å²) in [6, 6.07) is 8.24. The normalized spacial score (nSPS) is 11.2. The Morgan fingerprint density at radius 1 is 1.26 bits per heavy atom. The number of hydrogen-bond donors (Lipinski definition) is 3. The molecule has 0 amide bonds. The van der Waals surface area contributed by atoms with E-state index in [2.05, 4.69) is 66.7 Å². The van der Waals surface area contributed by atoms with Crippen molar-refractivity contribution in [3.05, 3.63) is 47.3 Å². The summed E-state index contributed by atoms with van der Waals surface area (Å²) in [5, 5.41) is 13.5. The molecule has 0 atom stereocenters. The predicted molar refractivity (Wildman–Crippen MR) is 122 cm³/mol. The summed E-state index contributed by atoms with van der Waals surface area (Å²) in [5.41, 5.74) is 3.31. The highest BCUT2D eigenvalue weighted by Crippen LogP contribution is 2.22. The summed E-state index contributed by atoms with van der Waals surface area (Å²) < 4.78 is 6.02. The first-order valence-corrected chi connectivity index (χ1v) is 9.31. The number of benzene rings is 1. The highest BCUT2D eigenvalue weighted by Gasteiger charge is 2.06. The van der Waals surface area contributed by atoms with Crippen molar-refractivity contribution in [2.45, 2.75) is 47.2 Å². The minimum Gasteiger partial charge on any atom is -0.493 e. The fourth-order valence-corrected chi connectivity index (χ4v) is 2.40. The van der Waals surface area contributed by atoms with Gasteiger partial charge in [0, 0.05) is 18.3 Å². The zero-order valence-corrected chi connectivity index (χ0v) is 19.0. The lowest BCUT2D eigenvalue weighted by molar-refractivity contribution is 0.287. The Morgan fingerprint density at radius 2 is 2.07 bits per heavy atom. The predicted octanol–water partition coefficient (Wildman–Crippen LogP) is 4.02. The molecule has 2 aromatic rings. The van der Waals surface area contributed by atoms with Gasteiger partial charge in [-0.05, 0) is 43.9 Å². The number of hydrogen-bond acceptors (Lipinski definition) is 3. The second-order valence-electron chi connectivity index (χ2n) is 6.77. The van der Waals surface area contributed by atoms with Crippen LogP contribution in [0.5, 0.6) is 5.75 Å². The van der Waals surface area contributed by atoms with Gasteiger partial charge in [0.1, 0.15) is 5.75 Å².